The number of para-hydroxylation sites is 1. The highest BCUT2D eigenvalue weighted by Crippen LogP contribution is 2.23. The molecule has 100 valence electrons. The zero-order chi connectivity index (χ0) is 13.7. The van der Waals surface area contributed by atoms with Crippen LogP contribution in [0, 0.1) is 0 Å². The smallest absolute Gasteiger partial charge is 0.340 e. The molecule has 2 rings (SSSR count). The maximum absolute atomic E-state index is 11.5. The normalized spacial score (nSPS) is 10.2. The standard InChI is InChI=1S/C14H16N2O3/c1-18-14(17)11-5-2-6-12(13(11)15)16-8-7-10-4-3-9-19-10/h2-6,9,16H,7-8,15H2,1H3. The first-order valence-electron chi connectivity index (χ1n) is 5.95. The number of nitrogens with one attached hydrogen (secondary N) is 1. The Hall–Kier alpha value is -2.43. The molecule has 1 aromatic heterocycles. The van der Waals surface area contributed by atoms with Gasteiger partial charge in [-0.3, -0.25) is 0 Å². The van der Waals surface area contributed by atoms with Crippen molar-refractivity contribution >= 4 is 17.3 Å². The summed E-state index contributed by atoms with van der Waals surface area (Å²) >= 11 is 0. The van der Waals surface area contributed by atoms with Crippen molar-refractivity contribution in [2.45, 2.75) is 6.42 Å². The zero-order valence-corrected chi connectivity index (χ0v) is 10.7. The van der Waals surface area contributed by atoms with E-state index in [0.29, 0.717) is 17.8 Å². The van der Waals surface area contributed by atoms with Gasteiger partial charge in [0.1, 0.15) is 5.76 Å². The molecule has 2 aromatic rings. The minimum atomic E-state index is -0.438. The third-order valence-corrected chi connectivity index (χ3v) is 2.78. The van der Waals surface area contributed by atoms with Gasteiger partial charge in [-0.2, -0.15) is 0 Å². The number of rotatable bonds is 5. The predicted octanol–water partition coefficient (Wildman–Crippen LogP) is 2.30. The molecule has 0 aliphatic heterocycles. The molecule has 1 heterocycles. The van der Waals surface area contributed by atoms with Crippen LogP contribution >= 0.6 is 0 Å². The molecule has 0 spiro atoms. The molecular weight excluding hydrogens is 244 g/mol. The summed E-state index contributed by atoms with van der Waals surface area (Å²) in [6.45, 7) is 0.669. The lowest BCUT2D eigenvalue weighted by atomic mass is 10.1. The van der Waals surface area contributed by atoms with E-state index in [4.69, 9.17) is 10.2 Å². The van der Waals surface area contributed by atoms with E-state index in [9.17, 15) is 4.79 Å². The highest BCUT2D eigenvalue weighted by atomic mass is 16.5. The minimum Gasteiger partial charge on any atom is -0.469 e. The monoisotopic (exact) mass is 260 g/mol. The molecule has 19 heavy (non-hydrogen) atoms. The quantitative estimate of drug-likeness (QED) is 0.637. The van der Waals surface area contributed by atoms with Crippen molar-refractivity contribution in [3.05, 3.63) is 47.9 Å². The molecule has 1 aromatic carbocycles. The van der Waals surface area contributed by atoms with Crippen LogP contribution < -0.4 is 11.1 Å². The van der Waals surface area contributed by atoms with E-state index >= 15 is 0 Å². The summed E-state index contributed by atoms with van der Waals surface area (Å²) in [5.74, 6) is 0.461. The topological polar surface area (TPSA) is 77.5 Å². The first kappa shape index (κ1) is 13.0. The Labute approximate surface area is 111 Å². The second-order valence-electron chi connectivity index (χ2n) is 4.01. The first-order chi connectivity index (χ1) is 9.22. The molecule has 0 amide bonds. The van der Waals surface area contributed by atoms with Crippen LogP contribution in [0.2, 0.25) is 0 Å². The van der Waals surface area contributed by atoms with Gasteiger partial charge in [0.2, 0.25) is 0 Å². The molecule has 5 heteroatoms. The summed E-state index contributed by atoms with van der Waals surface area (Å²) in [6.07, 6.45) is 2.39. The van der Waals surface area contributed by atoms with E-state index in [2.05, 4.69) is 10.1 Å². The molecule has 0 unspecified atom stereocenters. The number of benzene rings is 1. The Bertz CT molecular complexity index is 550. The third-order valence-electron chi connectivity index (χ3n) is 2.78. The molecular formula is C14H16N2O3. The highest BCUT2D eigenvalue weighted by molar-refractivity contribution is 5.98. The Morgan fingerprint density at radius 3 is 2.89 bits per heavy atom. The van der Waals surface area contributed by atoms with Gasteiger partial charge in [0, 0.05) is 13.0 Å². The zero-order valence-electron chi connectivity index (χ0n) is 10.7. The van der Waals surface area contributed by atoms with E-state index in [0.717, 1.165) is 17.9 Å². The van der Waals surface area contributed by atoms with E-state index in [1.54, 1.807) is 18.4 Å². The van der Waals surface area contributed by atoms with Gasteiger partial charge in [-0.15, -0.1) is 0 Å². The molecule has 0 saturated carbocycles. The van der Waals surface area contributed by atoms with E-state index in [1.165, 1.54) is 7.11 Å². The molecule has 0 bridgehead atoms. The maximum Gasteiger partial charge on any atom is 0.340 e. The summed E-state index contributed by atoms with van der Waals surface area (Å²) < 4.78 is 9.91. The van der Waals surface area contributed by atoms with Crippen LogP contribution in [0.3, 0.4) is 0 Å². The van der Waals surface area contributed by atoms with Crippen LogP contribution in [0.5, 0.6) is 0 Å². The van der Waals surface area contributed by atoms with Gasteiger partial charge in [0.15, 0.2) is 0 Å². The van der Waals surface area contributed by atoms with Crippen molar-refractivity contribution in [1.82, 2.24) is 0 Å². The van der Waals surface area contributed by atoms with Crippen molar-refractivity contribution in [2.75, 3.05) is 24.7 Å². The van der Waals surface area contributed by atoms with Crippen molar-refractivity contribution in [3.63, 3.8) is 0 Å². The molecule has 0 saturated heterocycles. The summed E-state index contributed by atoms with van der Waals surface area (Å²) in [4.78, 5) is 11.5. The van der Waals surface area contributed by atoms with Gasteiger partial charge in [-0.1, -0.05) is 6.07 Å². The number of ether oxygens (including phenoxy) is 1. The molecule has 0 aliphatic carbocycles. The highest BCUT2D eigenvalue weighted by Gasteiger charge is 2.12. The Kier molecular flexibility index (Phi) is 4.07. The average molecular weight is 260 g/mol. The second-order valence-corrected chi connectivity index (χ2v) is 4.01. The van der Waals surface area contributed by atoms with Crippen LogP contribution in [-0.2, 0) is 11.2 Å². The number of carbonyl (C=O) groups excluding carboxylic acids is 1. The van der Waals surface area contributed by atoms with Crippen molar-refractivity contribution in [2.24, 2.45) is 0 Å². The second kappa shape index (κ2) is 5.95. The molecule has 0 aliphatic rings. The fourth-order valence-electron chi connectivity index (χ4n) is 1.78. The lowest BCUT2D eigenvalue weighted by Crippen LogP contribution is -2.10. The Morgan fingerprint density at radius 1 is 1.37 bits per heavy atom. The van der Waals surface area contributed by atoms with Gasteiger partial charge < -0.3 is 20.2 Å². The molecule has 3 N–H and O–H groups in total. The van der Waals surface area contributed by atoms with Gasteiger partial charge >= 0.3 is 5.97 Å². The van der Waals surface area contributed by atoms with E-state index in [1.807, 2.05) is 18.2 Å². The lowest BCUT2D eigenvalue weighted by Gasteiger charge is -2.11. The molecule has 0 atom stereocenters. The van der Waals surface area contributed by atoms with Gasteiger partial charge in [-0.25, -0.2) is 4.79 Å². The number of nitrogens with two attached hydrogens (primary N) is 1. The average Bonchev–Trinajstić information content (AvgIpc) is 2.93. The number of esters is 1. The SMILES string of the molecule is COC(=O)c1cccc(NCCc2ccco2)c1N. The fraction of sp³-hybridized carbons (Fsp3) is 0.214. The molecule has 0 fully saturated rings. The number of hydrogen-bond donors (Lipinski definition) is 2. The van der Waals surface area contributed by atoms with Gasteiger partial charge in [0.25, 0.3) is 0 Å². The first-order valence-corrected chi connectivity index (χ1v) is 5.95. The fourth-order valence-corrected chi connectivity index (χ4v) is 1.78. The molecule has 0 radical (unpaired) electrons. The summed E-state index contributed by atoms with van der Waals surface area (Å²) in [6, 6.07) is 8.98. The van der Waals surface area contributed by atoms with E-state index in [-0.39, 0.29) is 0 Å². The van der Waals surface area contributed by atoms with Crippen molar-refractivity contribution in [3.8, 4) is 0 Å². The Balaban J connectivity index is 2.02. The number of carbonyl (C=O) groups is 1. The van der Waals surface area contributed by atoms with Crippen LogP contribution in [0.25, 0.3) is 0 Å². The van der Waals surface area contributed by atoms with Crippen molar-refractivity contribution in [1.29, 1.82) is 0 Å². The van der Waals surface area contributed by atoms with Gasteiger partial charge in [0.05, 0.1) is 30.3 Å². The number of hydrogen-bond acceptors (Lipinski definition) is 5. The number of methoxy groups -OCH3 is 1. The van der Waals surface area contributed by atoms with E-state index < -0.39 is 5.97 Å². The summed E-state index contributed by atoms with van der Waals surface area (Å²) in [5, 5.41) is 3.18. The largest absolute Gasteiger partial charge is 0.469 e. The minimum absolute atomic E-state index is 0.366. The van der Waals surface area contributed by atoms with Crippen LogP contribution in [-0.4, -0.2) is 19.6 Å². The van der Waals surface area contributed by atoms with Crippen LogP contribution in [0.15, 0.2) is 41.0 Å². The molecule has 5 nitrogen and oxygen atoms in total. The summed E-state index contributed by atoms with van der Waals surface area (Å²) in [5.41, 5.74) is 7.41. The third kappa shape index (κ3) is 3.07. The maximum atomic E-state index is 11.5. The van der Waals surface area contributed by atoms with Crippen molar-refractivity contribution < 1.29 is 13.9 Å². The predicted molar refractivity (Wildman–Crippen MR) is 73.1 cm³/mol. The lowest BCUT2D eigenvalue weighted by molar-refractivity contribution is 0.0602. The number of anilines is 2. The van der Waals surface area contributed by atoms with Gasteiger partial charge in [-0.05, 0) is 24.3 Å². The van der Waals surface area contributed by atoms with Crippen LogP contribution in [0.1, 0.15) is 16.1 Å². The summed E-state index contributed by atoms with van der Waals surface area (Å²) in [7, 11) is 1.33. The van der Waals surface area contributed by atoms with Crippen LogP contribution in [0.4, 0.5) is 11.4 Å². The Morgan fingerprint density at radius 2 is 2.21 bits per heavy atom. The number of nitrogen functional groups attached to an aromatic ring is 1. The number of furan rings is 1.